The molecular weight excluding hydrogens is 371 g/mol. The molecule has 1 N–H and O–H groups in total. The number of halogens is 1. The first kappa shape index (κ1) is 20.8. The summed E-state index contributed by atoms with van der Waals surface area (Å²) in [5, 5.41) is 12.8. The Balaban J connectivity index is 1.70. The minimum atomic E-state index is -0.835. The maximum Gasteiger partial charge on any atom is 0.306 e. The van der Waals surface area contributed by atoms with E-state index in [4.69, 9.17) is 9.47 Å². The number of benzene rings is 2. The number of carbonyl (C=O) groups is 2. The summed E-state index contributed by atoms with van der Waals surface area (Å²) in [6, 6.07) is 10.2. The molecule has 2 rings (SSSR count). The first-order valence-corrected chi connectivity index (χ1v) is 8.44. The summed E-state index contributed by atoms with van der Waals surface area (Å²) in [7, 11) is 0. The fraction of sp³-hybridized carbons (Fsp3) is 0.263. The van der Waals surface area contributed by atoms with Gasteiger partial charge in [0, 0.05) is 18.6 Å². The lowest BCUT2D eigenvalue weighted by Crippen LogP contribution is -2.21. The van der Waals surface area contributed by atoms with Gasteiger partial charge in [0.15, 0.2) is 6.61 Å². The van der Waals surface area contributed by atoms with Gasteiger partial charge < -0.3 is 14.8 Å². The van der Waals surface area contributed by atoms with Gasteiger partial charge in [-0.25, -0.2) is 4.39 Å². The van der Waals surface area contributed by atoms with Gasteiger partial charge in [0.05, 0.1) is 17.2 Å². The van der Waals surface area contributed by atoms with E-state index in [0.717, 1.165) is 23.8 Å². The summed E-state index contributed by atoms with van der Waals surface area (Å²) in [6.07, 6.45) is 0.443. The number of nitro benzene ring substituents is 1. The molecule has 0 radical (unpaired) electrons. The average molecular weight is 390 g/mol. The minimum Gasteiger partial charge on any atom is -0.494 e. The molecular formula is C19H19FN2O6. The number of rotatable bonds is 9. The predicted molar refractivity (Wildman–Crippen MR) is 98.6 cm³/mol. The predicted octanol–water partition coefficient (Wildman–Crippen LogP) is 3.38. The highest BCUT2D eigenvalue weighted by atomic mass is 19.1. The monoisotopic (exact) mass is 390 g/mol. The maximum atomic E-state index is 13.6. The Morgan fingerprint density at radius 2 is 2.00 bits per heavy atom. The van der Waals surface area contributed by atoms with E-state index in [2.05, 4.69) is 5.32 Å². The molecule has 0 aliphatic heterocycles. The molecule has 0 aliphatic rings. The van der Waals surface area contributed by atoms with Crippen molar-refractivity contribution in [2.24, 2.45) is 0 Å². The lowest BCUT2D eigenvalue weighted by atomic mass is 10.2. The van der Waals surface area contributed by atoms with Crippen LogP contribution in [0.2, 0.25) is 0 Å². The Bertz CT molecular complexity index is 871. The normalized spacial score (nSPS) is 10.2. The van der Waals surface area contributed by atoms with Crippen LogP contribution < -0.4 is 10.1 Å². The summed E-state index contributed by atoms with van der Waals surface area (Å²) in [5.41, 5.74) is 0.326. The number of non-ortho nitro benzene ring substituents is 1. The number of anilines is 1. The van der Waals surface area contributed by atoms with Crippen LogP contribution in [0.1, 0.15) is 18.4 Å². The number of amides is 1. The average Bonchev–Trinajstić information content (AvgIpc) is 2.65. The lowest BCUT2D eigenvalue weighted by molar-refractivity contribution is -0.384. The molecule has 0 atom stereocenters. The van der Waals surface area contributed by atoms with Gasteiger partial charge in [-0.3, -0.25) is 19.7 Å². The Morgan fingerprint density at radius 3 is 2.71 bits per heavy atom. The molecule has 0 aromatic heterocycles. The van der Waals surface area contributed by atoms with Crippen molar-refractivity contribution in [1.82, 2.24) is 0 Å². The largest absolute Gasteiger partial charge is 0.494 e. The summed E-state index contributed by atoms with van der Waals surface area (Å²) in [6.45, 7) is 1.62. The Morgan fingerprint density at radius 1 is 1.21 bits per heavy atom. The maximum absolute atomic E-state index is 13.6. The van der Waals surface area contributed by atoms with E-state index in [1.807, 2.05) is 31.2 Å². The van der Waals surface area contributed by atoms with E-state index >= 15 is 0 Å². The van der Waals surface area contributed by atoms with Crippen LogP contribution >= 0.6 is 0 Å². The summed E-state index contributed by atoms with van der Waals surface area (Å²) >= 11 is 0. The third kappa shape index (κ3) is 6.67. The van der Waals surface area contributed by atoms with Crippen molar-refractivity contribution in [2.75, 3.05) is 18.5 Å². The van der Waals surface area contributed by atoms with Gasteiger partial charge in [-0.1, -0.05) is 12.1 Å². The van der Waals surface area contributed by atoms with E-state index in [-0.39, 0.29) is 17.8 Å². The molecule has 8 nitrogen and oxygen atoms in total. The number of carbonyl (C=O) groups excluding carboxylic acids is 2. The van der Waals surface area contributed by atoms with Crippen molar-refractivity contribution in [2.45, 2.75) is 19.8 Å². The molecule has 0 aliphatic carbocycles. The van der Waals surface area contributed by atoms with Crippen LogP contribution in [0.5, 0.6) is 5.75 Å². The van der Waals surface area contributed by atoms with Crippen LogP contribution in [0.25, 0.3) is 0 Å². The van der Waals surface area contributed by atoms with Crippen molar-refractivity contribution >= 4 is 23.3 Å². The number of hydrogen-bond donors (Lipinski definition) is 1. The minimum absolute atomic E-state index is 0.0459. The molecule has 1 amide bonds. The second-order valence-corrected chi connectivity index (χ2v) is 5.90. The van der Waals surface area contributed by atoms with Gasteiger partial charge >= 0.3 is 5.97 Å². The number of aryl methyl sites for hydroxylation is 1. The second-order valence-electron chi connectivity index (χ2n) is 5.90. The number of ether oxygens (including phenoxy) is 2. The van der Waals surface area contributed by atoms with E-state index in [1.165, 1.54) is 0 Å². The zero-order valence-electron chi connectivity index (χ0n) is 15.1. The third-order valence-electron chi connectivity index (χ3n) is 3.58. The van der Waals surface area contributed by atoms with Crippen LogP contribution in [0.15, 0.2) is 42.5 Å². The van der Waals surface area contributed by atoms with Crippen LogP contribution in [0.4, 0.5) is 15.8 Å². The smallest absolute Gasteiger partial charge is 0.306 e. The first-order chi connectivity index (χ1) is 13.3. The van der Waals surface area contributed by atoms with Crippen LogP contribution in [-0.4, -0.2) is 30.0 Å². The van der Waals surface area contributed by atoms with Crippen molar-refractivity contribution in [3.63, 3.8) is 0 Å². The summed E-state index contributed by atoms with van der Waals surface area (Å²) < 4.78 is 23.9. The van der Waals surface area contributed by atoms with Gasteiger partial charge in [-0.2, -0.15) is 0 Å². The molecule has 0 saturated heterocycles. The number of esters is 1. The Hall–Kier alpha value is -3.49. The highest BCUT2D eigenvalue weighted by molar-refractivity contribution is 5.93. The Kier molecular flexibility index (Phi) is 7.44. The fourth-order valence-corrected chi connectivity index (χ4v) is 2.24. The van der Waals surface area contributed by atoms with Crippen molar-refractivity contribution in [1.29, 1.82) is 0 Å². The molecule has 0 spiro atoms. The molecule has 0 heterocycles. The quantitative estimate of drug-likeness (QED) is 0.304. The second kappa shape index (κ2) is 10.0. The van der Waals surface area contributed by atoms with Crippen molar-refractivity contribution < 1.29 is 28.4 Å². The molecule has 28 heavy (non-hydrogen) atoms. The van der Waals surface area contributed by atoms with E-state index in [9.17, 15) is 24.1 Å². The lowest BCUT2D eigenvalue weighted by Gasteiger charge is -2.08. The highest BCUT2D eigenvalue weighted by Crippen LogP contribution is 2.21. The molecule has 148 valence electrons. The fourth-order valence-electron chi connectivity index (χ4n) is 2.24. The van der Waals surface area contributed by atoms with Gasteiger partial charge in [0.25, 0.3) is 11.6 Å². The molecule has 0 fully saturated rings. The van der Waals surface area contributed by atoms with E-state index < -0.39 is 29.2 Å². The topological polar surface area (TPSA) is 108 Å². The van der Waals surface area contributed by atoms with Crippen molar-refractivity contribution in [3.8, 4) is 5.75 Å². The van der Waals surface area contributed by atoms with Gasteiger partial charge in [0.1, 0.15) is 11.6 Å². The molecule has 9 heteroatoms. The third-order valence-corrected chi connectivity index (χ3v) is 3.58. The number of nitrogens with one attached hydrogen (secondary N) is 1. The van der Waals surface area contributed by atoms with Crippen LogP contribution in [0, 0.1) is 22.9 Å². The van der Waals surface area contributed by atoms with Crippen molar-refractivity contribution in [3.05, 3.63) is 64.0 Å². The van der Waals surface area contributed by atoms with E-state index in [0.29, 0.717) is 18.8 Å². The Labute approximate surface area is 160 Å². The van der Waals surface area contributed by atoms with Crippen LogP contribution in [-0.2, 0) is 14.3 Å². The number of nitrogens with zero attached hydrogens (tertiary/aromatic N) is 1. The molecule has 0 bridgehead atoms. The van der Waals surface area contributed by atoms with Crippen LogP contribution in [0.3, 0.4) is 0 Å². The summed E-state index contributed by atoms with van der Waals surface area (Å²) in [4.78, 5) is 33.4. The number of nitro groups is 1. The van der Waals surface area contributed by atoms with Gasteiger partial charge in [-0.05, 0) is 37.1 Å². The zero-order valence-corrected chi connectivity index (χ0v) is 15.1. The zero-order chi connectivity index (χ0) is 20.5. The summed E-state index contributed by atoms with van der Waals surface area (Å²) in [5.74, 6) is -1.54. The standard InChI is InChI=1S/C19H19FN2O6/c1-13-4-2-5-15(10-13)27-9-3-6-19(24)28-12-18(23)21-17-11-14(22(25)26)7-8-16(17)20/h2,4-5,7-8,10-11H,3,6,9,12H2,1H3,(H,21,23). The highest BCUT2D eigenvalue weighted by Gasteiger charge is 2.14. The van der Waals surface area contributed by atoms with Gasteiger partial charge in [0.2, 0.25) is 0 Å². The first-order valence-electron chi connectivity index (χ1n) is 8.44. The molecule has 0 saturated carbocycles. The van der Waals surface area contributed by atoms with Gasteiger partial charge in [-0.15, -0.1) is 0 Å². The molecule has 0 unspecified atom stereocenters. The molecule has 2 aromatic carbocycles. The SMILES string of the molecule is Cc1cccc(OCCCC(=O)OCC(=O)Nc2cc([N+](=O)[O-])ccc2F)c1. The number of hydrogen-bond acceptors (Lipinski definition) is 6. The van der Waals surface area contributed by atoms with E-state index in [1.54, 1.807) is 0 Å². The molecule has 2 aromatic rings.